The van der Waals surface area contributed by atoms with Gasteiger partial charge in [0.25, 0.3) is 5.69 Å². The summed E-state index contributed by atoms with van der Waals surface area (Å²) in [5.41, 5.74) is 12.0. The lowest BCUT2D eigenvalue weighted by molar-refractivity contribution is -0.384. The Morgan fingerprint density at radius 3 is 2.95 bits per heavy atom. The van der Waals surface area contributed by atoms with Crippen molar-refractivity contribution in [2.75, 3.05) is 5.73 Å². The van der Waals surface area contributed by atoms with Crippen LogP contribution in [0.4, 0.5) is 11.4 Å². The zero-order chi connectivity index (χ0) is 13.8. The summed E-state index contributed by atoms with van der Waals surface area (Å²) in [6.07, 6.45) is 2.91. The molecule has 19 heavy (non-hydrogen) atoms. The van der Waals surface area contributed by atoms with Crippen molar-refractivity contribution in [3.63, 3.8) is 0 Å². The summed E-state index contributed by atoms with van der Waals surface area (Å²) in [5, 5.41) is 10.7. The van der Waals surface area contributed by atoms with Gasteiger partial charge in [-0.3, -0.25) is 15.1 Å². The van der Waals surface area contributed by atoms with Crippen LogP contribution in [0.1, 0.15) is 11.5 Å². The van der Waals surface area contributed by atoms with E-state index in [1.807, 2.05) is 0 Å². The molecule has 0 unspecified atom stereocenters. The van der Waals surface area contributed by atoms with Crippen LogP contribution in [0.5, 0.6) is 0 Å². The van der Waals surface area contributed by atoms with Gasteiger partial charge in [-0.2, -0.15) is 0 Å². The number of hydrogen-bond donors (Lipinski definition) is 2. The van der Waals surface area contributed by atoms with Gasteiger partial charge < -0.3 is 15.9 Å². The molecule has 0 spiro atoms. The van der Waals surface area contributed by atoms with Gasteiger partial charge in [-0.25, -0.2) is 4.98 Å². The fourth-order valence-corrected chi connectivity index (χ4v) is 1.45. The van der Waals surface area contributed by atoms with Gasteiger partial charge in [-0.05, 0) is 6.07 Å². The smallest absolute Gasteiger partial charge is 0.270 e. The van der Waals surface area contributed by atoms with Crippen LogP contribution < -0.4 is 11.5 Å². The summed E-state index contributed by atoms with van der Waals surface area (Å²) in [6.45, 7) is 0.140. The van der Waals surface area contributed by atoms with Gasteiger partial charge >= 0.3 is 0 Å². The van der Waals surface area contributed by atoms with Crippen LogP contribution in [0.15, 0.2) is 40.1 Å². The van der Waals surface area contributed by atoms with Crippen molar-refractivity contribution in [1.29, 1.82) is 0 Å². The van der Waals surface area contributed by atoms with Crippen LogP contribution in [0, 0.1) is 10.1 Å². The number of nitrogens with two attached hydrogens (primary N) is 2. The molecule has 8 heteroatoms. The van der Waals surface area contributed by atoms with Crippen LogP contribution in [0.3, 0.4) is 0 Å². The van der Waals surface area contributed by atoms with Gasteiger partial charge in [-0.1, -0.05) is 0 Å². The fourth-order valence-electron chi connectivity index (χ4n) is 1.45. The average molecular weight is 261 g/mol. The number of nitrogens with zero attached hydrogens (tertiary/aromatic N) is 3. The molecule has 0 radical (unpaired) electrons. The van der Waals surface area contributed by atoms with Crippen LogP contribution in [-0.2, 0) is 6.54 Å². The maximum Gasteiger partial charge on any atom is 0.270 e. The molecule has 1 aromatic heterocycles. The third kappa shape index (κ3) is 2.86. The number of benzene rings is 1. The zero-order valence-corrected chi connectivity index (χ0v) is 9.81. The first kappa shape index (κ1) is 12.6. The minimum atomic E-state index is -0.524. The summed E-state index contributed by atoms with van der Waals surface area (Å²) in [7, 11) is 0. The Balaban J connectivity index is 2.27. The molecule has 1 heterocycles. The van der Waals surface area contributed by atoms with Crippen LogP contribution >= 0.6 is 0 Å². The zero-order valence-electron chi connectivity index (χ0n) is 9.81. The molecule has 2 aromatic rings. The lowest BCUT2D eigenvalue weighted by Crippen LogP contribution is -2.16. The van der Waals surface area contributed by atoms with E-state index >= 15 is 0 Å². The van der Waals surface area contributed by atoms with E-state index in [1.165, 1.54) is 30.7 Å². The fraction of sp³-hybridized carbons (Fsp3) is 0.0909. The standard InChI is InChI=1S/C11H11N5O3/c12-9-2-1-7(16(17)18)5-8(9)11(13)15-6-10-14-3-4-19-10/h1-5H,6,12H2,(H2,13,15). The summed E-state index contributed by atoms with van der Waals surface area (Å²) >= 11 is 0. The number of nitrogen functional groups attached to an aromatic ring is 1. The van der Waals surface area contributed by atoms with E-state index in [1.54, 1.807) is 0 Å². The van der Waals surface area contributed by atoms with Crippen molar-refractivity contribution in [2.45, 2.75) is 6.54 Å². The summed E-state index contributed by atoms with van der Waals surface area (Å²) in [4.78, 5) is 18.1. The molecular formula is C11H11N5O3. The normalized spacial score (nSPS) is 11.5. The van der Waals surface area contributed by atoms with Crippen molar-refractivity contribution in [1.82, 2.24) is 4.98 Å². The van der Waals surface area contributed by atoms with Crippen LogP contribution in [0.2, 0.25) is 0 Å². The highest BCUT2D eigenvalue weighted by Gasteiger charge is 2.11. The Morgan fingerprint density at radius 1 is 1.53 bits per heavy atom. The molecule has 0 aliphatic rings. The van der Waals surface area contributed by atoms with E-state index in [0.717, 1.165) is 0 Å². The molecular weight excluding hydrogens is 250 g/mol. The molecule has 0 saturated carbocycles. The van der Waals surface area contributed by atoms with Gasteiger partial charge in [-0.15, -0.1) is 0 Å². The van der Waals surface area contributed by atoms with Crippen molar-refractivity contribution < 1.29 is 9.34 Å². The van der Waals surface area contributed by atoms with Crippen molar-refractivity contribution >= 4 is 17.2 Å². The quantitative estimate of drug-likeness (QED) is 0.278. The first-order chi connectivity index (χ1) is 9.08. The van der Waals surface area contributed by atoms with Gasteiger partial charge in [0.2, 0.25) is 5.89 Å². The molecule has 0 amide bonds. The van der Waals surface area contributed by atoms with Crippen molar-refractivity contribution in [3.05, 3.63) is 52.2 Å². The predicted molar refractivity (Wildman–Crippen MR) is 68.4 cm³/mol. The highest BCUT2D eigenvalue weighted by atomic mass is 16.6. The maximum atomic E-state index is 10.7. The Bertz CT molecular complexity index is 621. The van der Waals surface area contributed by atoms with E-state index in [9.17, 15) is 10.1 Å². The largest absolute Gasteiger partial charge is 0.447 e. The third-order valence-corrected chi connectivity index (χ3v) is 2.39. The first-order valence-electron chi connectivity index (χ1n) is 5.30. The molecule has 0 fully saturated rings. The second-order valence-electron chi connectivity index (χ2n) is 3.66. The van der Waals surface area contributed by atoms with Crippen LogP contribution in [-0.4, -0.2) is 15.7 Å². The van der Waals surface area contributed by atoms with Crippen LogP contribution in [0.25, 0.3) is 0 Å². The molecule has 0 saturated heterocycles. The topological polar surface area (TPSA) is 134 Å². The van der Waals surface area contributed by atoms with E-state index in [-0.39, 0.29) is 18.1 Å². The molecule has 0 aliphatic heterocycles. The number of amidine groups is 1. The number of rotatable bonds is 4. The van der Waals surface area contributed by atoms with Crippen molar-refractivity contribution in [2.24, 2.45) is 10.7 Å². The van der Waals surface area contributed by atoms with Gasteiger partial charge in [0.1, 0.15) is 18.6 Å². The van der Waals surface area contributed by atoms with E-state index in [4.69, 9.17) is 15.9 Å². The molecule has 8 nitrogen and oxygen atoms in total. The number of aromatic nitrogens is 1. The molecule has 0 atom stereocenters. The Hall–Kier alpha value is -2.90. The second-order valence-corrected chi connectivity index (χ2v) is 3.66. The highest BCUT2D eigenvalue weighted by Crippen LogP contribution is 2.19. The Kier molecular flexibility index (Phi) is 3.42. The summed E-state index contributed by atoms with van der Waals surface area (Å²) < 4.78 is 5.00. The molecule has 98 valence electrons. The number of nitro groups is 1. The molecule has 0 bridgehead atoms. The lowest BCUT2D eigenvalue weighted by atomic mass is 10.1. The molecule has 1 aromatic carbocycles. The number of aliphatic imine (C=N–C) groups is 1. The van der Waals surface area contributed by atoms with Gasteiger partial charge in [0.05, 0.1) is 11.1 Å². The minimum Gasteiger partial charge on any atom is -0.447 e. The number of nitro benzene ring substituents is 1. The number of anilines is 1. The number of non-ortho nitro benzene ring substituents is 1. The number of oxazole rings is 1. The summed E-state index contributed by atoms with van der Waals surface area (Å²) in [6, 6.07) is 4.00. The lowest BCUT2D eigenvalue weighted by Gasteiger charge is -2.04. The van der Waals surface area contributed by atoms with Crippen molar-refractivity contribution in [3.8, 4) is 0 Å². The predicted octanol–water partition coefficient (Wildman–Crippen LogP) is 1.07. The van der Waals surface area contributed by atoms with E-state index in [2.05, 4.69) is 9.98 Å². The van der Waals surface area contributed by atoms with E-state index < -0.39 is 4.92 Å². The minimum absolute atomic E-state index is 0.0967. The van der Waals surface area contributed by atoms with Gasteiger partial charge in [0, 0.05) is 23.4 Å². The monoisotopic (exact) mass is 261 g/mol. The first-order valence-corrected chi connectivity index (χ1v) is 5.30. The highest BCUT2D eigenvalue weighted by molar-refractivity contribution is 6.02. The van der Waals surface area contributed by atoms with E-state index in [0.29, 0.717) is 17.1 Å². The SMILES string of the molecule is NC(=NCc1ncco1)c1cc([N+](=O)[O-])ccc1N. The molecule has 0 aliphatic carbocycles. The number of hydrogen-bond acceptors (Lipinski definition) is 6. The summed E-state index contributed by atoms with van der Waals surface area (Å²) in [5.74, 6) is 0.492. The Morgan fingerprint density at radius 2 is 2.32 bits per heavy atom. The second kappa shape index (κ2) is 5.17. The third-order valence-electron chi connectivity index (χ3n) is 2.39. The average Bonchev–Trinajstić information content (AvgIpc) is 2.89. The maximum absolute atomic E-state index is 10.7. The van der Waals surface area contributed by atoms with Gasteiger partial charge in [0.15, 0.2) is 0 Å². The Labute approximate surface area is 107 Å². The molecule has 4 N–H and O–H groups in total. The molecule has 2 rings (SSSR count).